The Morgan fingerprint density at radius 3 is 2.56 bits per heavy atom. The van der Waals surface area contributed by atoms with Crippen molar-refractivity contribution in [1.29, 1.82) is 0 Å². The van der Waals surface area contributed by atoms with Crippen molar-refractivity contribution in [1.82, 2.24) is 4.90 Å². The number of piperidine rings is 1. The Kier molecular flexibility index (Phi) is 7.07. The molecular formula is C22H30N2O3. The Balaban J connectivity index is 1.57. The summed E-state index contributed by atoms with van der Waals surface area (Å²) in [6, 6.07) is 13.6. The van der Waals surface area contributed by atoms with Crippen molar-refractivity contribution in [2.75, 3.05) is 31.1 Å². The van der Waals surface area contributed by atoms with Gasteiger partial charge in [0.15, 0.2) is 0 Å². The maximum Gasteiger partial charge on any atom is 0.241 e. The molecule has 0 spiro atoms. The van der Waals surface area contributed by atoms with Crippen LogP contribution in [0.4, 0.5) is 5.69 Å². The number of hydrogen-bond acceptors (Lipinski definition) is 4. The summed E-state index contributed by atoms with van der Waals surface area (Å²) in [4.78, 5) is 17.1. The van der Waals surface area contributed by atoms with E-state index in [-0.39, 0.29) is 5.91 Å². The third-order valence-corrected chi connectivity index (χ3v) is 4.82. The molecule has 0 unspecified atom stereocenters. The number of furan rings is 1. The molecule has 0 bridgehead atoms. The minimum Gasteiger partial charge on any atom is -0.467 e. The van der Waals surface area contributed by atoms with Crippen molar-refractivity contribution in [3.8, 4) is 0 Å². The first-order chi connectivity index (χ1) is 13.1. The summed E-state index contributed by atoms with van der Waals surface area (Å²) in [5, 5.41) is 0. The quantitative estimate of drug-likeness (QED) is 0.706. The largest absolute Gasteiger partial charge is 0.467 e. The summed E-state index contributed by atoms with van der Waals surface area (Å²) >= 11 is 0. The molecule has 0 aliphatic carbocycles. The molecule has 2 aromatic rings. The minimum absolute atomic E-state index is 0.0964. The number of carbonyl (C=O) groups is 1. The molecule has 1 aliphatic rings. The fourth-order valence-corrected chi connectivity index (χ4v) is 3.33. The molecule has 146 valence electrons. The smallest absolute Gasteiger partial charge is 0.241 e. The second-order valence-corrected chi connectivity index (χ2v) is 7.60. The van der Waals surface area contributed by atoms with E-state index in [0.717, 1.165) is 44.0 Å². The summed E-state index contributed by atoms with van der Waals surface area (Å²) < 4.78 is 11.4. The number of amides is 1. The number of ether oxygens (including phenoxy) is 1. The highest BCUT2D eigenvalue weighted by molar-refractivity contribution is 5.94. The Labute approximate surface area is 161 Å². The predicted molar refractivity (Wildman–Crippen MR) is 107 cm³/mol. The average Bonchev–Trinajstić information content (AvgIpc) is 3.19. The monoisotopic (exact) mass is 370 g/mol. The maximum atomic E-state index is 13.0. The molecule has 0 N–H and O–H groups in total. The molecule has 0 radical (unpaired) electrons. The van der Waals surface area contributed by atoms with Gasteiger partial charge < -0.3 is 14.1 Å². The molecular weight excluding hydrogens is 340 g/mol. The van der Waals surface area contributed by atoms with E-state index >= 15 is 0 Å². The topological polar surface area (TPSA) is 45.9 Å². The number of benzene rings is 1. The molecule has 1 amide bonds. The van der Waals surface area contributed by atoms with Gasteiger partial charge in [0.05, 0.1) is 25.5 Å². The van der Waals surface area contributed by atoms with Gasteiger partial charge in [0.2, 0.25) is 5.91 Å². The molecule has 2 heterocycles. The summed E-state index contributed by atoms with van der Waals surface area (Å²) in [5.41, 5.74) is 0.897. The SMILES string of the molecule is CC(C)COC1CCN(CC(=O)N(Cc2ccco2)c2ccccc2)CC1. The van der Waals surface area contributed by atoms with Gasteiger partial charge in [-0.1, -0.05) is 32.0 Å². The molecule has 1 saturated heterocycles. The van der Waals surface area contributed by atoms with E-state index < -0.39 is 0 Å². The van der Waals surface area contributed by atoms with Crippen LogP contribution in [-0.2, 0) is 16.1 Å². The number of para-hydroxylation sites is 1. The van der Waals surface area contributed by atoms with Gasteiger partial charge in [0.25, 0.3) is 0 Å². The van der Waals surface area contributed by atoms with Crippen molar-refractivity contribution >= 4 is 11.6 Å². The van der Waals surface area contributed by atoms with Gasteiger partial charge in [-0.05, 0) is 43.0 Å². The molecule has 27 heavy (non-hydrogen) atoms. The van der Waals surface area contributed by atoms with E-state index in [9.17, 15) is 4.79 Å². The van der Waals surface area contributed by atoms with E-state index in [0.29, 0.717) is 25.1 Å². The maximum absolute atomic E-state index is 13.0. The van der Waals surface area contributed by atoms with E-state index in [1.54, 1.807) is 11.2 Å². The number of carbonyl (C=O) groups excluding carboxylic acids is 1. The van der Waals surface area contributed by atoms with Gasteiger partial charge in [0, 0.05) is 25.4 Å². The van der Waals surface area contributed by atoms with Crippen LogP contribution in [0.25, 0.3) is 0 Å². The Morgan fingerprint density at radius 2 is 1.93 bits per heavy atom. The lowest BCUT2D eigenvalue weighted by Gasteiger charge is -2.33. The standard InChI is InChI=1S/C22H30N2O3/c1-18(2)17-27-20-10-12-23(13-11-20)16-22(25)24(15-21-9-6-14-26-21)19-7-4-3-5-8-19/h3-9,14,18,20H,10-13,15-17H2,1-2H3. The Hall–Kier alpha value is -2.11. The highest BCUT2D eigenvalue weighted by atomic mass is 16.5. The van der Waals surface area contributed by atoms with Crippen LogP contribution in [0.15, 0.2) is 53.1 Å². The Morgan fingerprint density at radius 1 is 1.19 bits per heavy atom. The summed E-state index contributed by atoms with van der Waals surface area (Å²) in [6.45, 7) is 7.83. The molecule has 1 fully saturated rings. The first-order valence-corrected chi connectivity index (χ1v) is 9.83. The van der Waals surface area contributed by atoms with E-state index in [1.165, 1.54) is 0 Å². The summed E-state index contributed by atoms with van der Waals surface area (Å²) in [7, 11) is 0. The van der Waals surface area contributed by atoms with Gasteiger partial charge in [-0.2, -0.15) is 0 Å². The number of likely N-dealkylation sites (tertiary alicyclic amines) is 1. The molecule has 0 atom stereocenters. The van der Waals surface area contributed by atoms with Gasteiger partial charge in [-0.3, -0.25) is 9.69 Å². The van der Waals surface area contributed by atoms with Crippen LogP contribution in [0, 0.1) is 5.92 Å². The van der Waals surface area contributed by atoms with Crippen LogP contribution in [0.1, 0.15) is 32.4 Å². The van der Waals surface area contributed by atoms with Crippen LogP contribution < -0.4 is 4.90 Å². The minimum atomic E-state index is 0.0964. The highest BCUT2D eigenvalue weighted by Crippen LogP contribution is 2.19. The molecule has 1 aromatic carbocycles. The number of nitrogens with zero attached hydrogens (tertiary/aromatic N) is 2. The van der Waals surface area contributed by atoms with E-state index in [1.807, 2.05) is 42.5 Å². The van der Waals surface area contributed by atoms with E-state index in [2.05, 4.69) is 18.7 Å². The first kappa shape index (κ1) is 19.6. The fourth-order valence-electron chi connectivity index (χ4n) is 3.33. The molecule has 0 saturated carbocycles. The van der Waals surface area contributed by atoms with Crippen LogP contribution in [0.2, 0.25) is 0 Å². The second kappa shape index (κ2) is 9.72. The zero-order chi connectivity index (χ0) is 19.1. The zero-order valence-electron chi connectivity index (χ0n) is 16.3. The van der Waals surface area contributed by atoms with Crippen LogP contribution >= 0.6 is 0 Å². The van der Waals surface area contributed by atoms with Crippen LogP contribution in [0.3, 0.4) is 0 Å². The second-order valence-electron chi connectivity index (χ2n) is 7.60. The number of rotatable bonds is 8. The number of anilines is 1. The Bertz CT molecular complexity index is 677. The fraction of sp³-hybridized carbons (Fsp3) is 0.500. The van der Waals surface area contributed by atoms with Crippen molar-refractivity contribution < 1.29 is 13.9 Å². The van der Waals surface area contributed by atoms with Gasteiger partial charge in [-0.25, -0.2) is 0 Å². The van der Waals surface area contributed by atoms with Crippen molar-refractivity contribution in [2.24, 2.45) is 5.92 Å². The predicted octanol–water partition coefficient (Wildman–Crippen LogP) is 3.95. The average molecular weight is 370 g/mol. The lowest BCUT2D eigenvalue weighted by Crippen LogP contribution is -2.44. The number of hydrogen-bond donors (Lipinski definition) is 0. The molecule has 5 heteroatoms. The molecule has 1 aliphatic heterocycles. The van der Waals surface area contributed by atoms with Gasteiger partial charge in [0.1, 0.15) is 5.76 Å². The van der Waals surface area contributed by atoms with Gasteiger partial charge >= 0.3 is 0 Å². The summed E-state index contributed by atoms with van der Waals surface area (Å²) in [6.07, 6.45) is 3.95. The zero-order valence-corrected chi connectivity index (χ0v) is 16.3. The van der Waals surface area contributed by atoms with E-state index in [4.69, 9.17) is 9.15 Å². The lowest BCUT2D eigenvalue weighted by atomic mass is 10.1. The molecule has 1 aromatic heterocycles. The normalized spacial score (nSPS) is 16.0. The van der Waals surface area contributed by atoms with Crippen LogP contribution in [0.5, 0.6) is 0 Å². The van der Waals surface area contributed by atoms with Crippen molar-refractivity contribution in [2.45, 2.75) is 39.3 Å². The third kappa shape index (κ3) is 5.94. The molecule has 3 rings (SSSR count). The summed E-state index contributed by atoms with van der Waals surface area (Å²) in [5.74, 6) is 1.44. The van der Waals surface area contributed by atoms with Crippen molar-refractivity contribution in [3.05, 3.63) is 54.5 Å². The molecule has 5 nitrogen and oxygen atoms in total. The first-order valence-electron chi connectivity index (χ1n) is 9.83. The van der Waals surface area contributed by atoms with Gasteiger partial charge in [-0.15, -0.1) is 0 Å². The highest BCUT2D eigenvalue weighted by Gasteiger charge is 2.24. The van der Waals surface area contributed by atoms with Crippen molar-refractivity contribution in [3.63, 3.8) is 0 Å². The third-order valence-electron chi connectivity index (χ3n) is 4.82. The van der Waals surface area contributed by atoms with Crippen LogP contribution in [-0.4, -0.2) is 43.2 Å². The lowest BCUT2D eigenvalue weighted by molar-refractivity contribution is -0.120.